The highest BCUT2D eigenvalue weighted by Gasteiger charge is 2.34. The van der Waals surface area contributed by atoms with Gasteiger partial charge in [0.25, 0.3) is 0 Å². The van der Waals surface area contributed by atoms with Crippen LogP contribution in [0, 0.1) is 18.9 Å². The molecule has 0 aliphatic carbocycles. The molecule has 2 rings (SSSR count). The van der Waals surface area contributed by atoms with E-state index >= 15 is 0 Å². The zero-order chi connectivity index (χ0) is 7.14. The summed E-state index contributed by atoms with van der Waals surface area (Å²) in [7, 11) is 6.17. The van der Waals surface area contributed by atoms with Crippen LogP contribution >= 0.6 is 0 Å². The molecule has 0 aromatic carbocycles. The van der Waals surface area contributed by atoms with E-state index in [0.717, 1.165) is 11.8 Å². The number of hydrogen-bond acceptors (Lipinski definition) is 2. The number of hydrogen-bond donors (Lipinski definition) is 0. The minimum absolute atomic E-state index is 0.919. The molecule has 0 N–H and O–H groups in total. The topological polar surface area (TPSA) is 6.48 Å². The number of likely N-dealkylation sites (tertiary alicyclic amines) is 2. The lowest BCUT2D eigenvalue weighted by molar-refractivity contribution is 0.332. The minimum Gasteiger partial charge on any atom is -0.459 e. The van der Waals surface area contributed by atoms with Gasteiger partial charge in [0.15, 0.2) is 0 Å². The van der Waals surface area contributed by atoms with Gasteiger partial charge in [-0.25, -0.2) is 0 Å². The van der Waals surface area contributed by atoms with Gasteiger partial charge in [-0.05, 0) is 32.0 Å². The molecule has 0 bridgehead atoms. The second kappa shape index (κ2) is 2.21. The lowest BCUT2D eigenvalue weighted by Gasteiger charge is -2.19. The van der Waals surface area contributed by atoms with E-state index in [1.54, 1.807) is 0 Å². The van der Waals surface area contributed by atoms with Crippen molar-refractivity contribution in [1.82, 2.24) is 9.80 Å². The average Bonchev–Trinajstić information content (AvgIpc) is 2.21. The summed E-state index contributed by atoms with van der Waals surface area (Å²) >= 11 is 0. The van der Waals surface area contributed by atoms with Gasteiger partial charge < -0.3 is 9.80 Å². The predicted octanol–water partition coefficient (Wildman–Crippen LogP) is 0.271. The van der Waals surface area contributed by atoms with Crippen molar-refractivity contribution in [2.75, 3.05) is 33.2 Å². The van der Waals surface area contributed by atoms with E-state index in [-0.39, 0.29) is 0 Å². The minimum atomic E-state index is 0.919. The third-order valence-electron chi connectivity index (χ3n) is 2.74. The summed E-state index contributed by atoms with van der Waals surface area (Å²) in [4.78, 5) is 4.64. The highest BCUT2D eigenvalue weighted by Crippen LogP contribution is 2.29. The molecule has 0 unspecified atom stereocenters. The third kappa shape index (κ3) is 0.956. The lowest BCUT2D eigenvalue weighted by atomic mass is 10.0. The summed E-state index contributed by atoms with van der Waals surface area (Å²) in [5.41, 5.74) is 0. The average molecular weight is 139 g/mol. The molecule has 0 amide bonds. The number of nitrogens with zero attached hydrogens (tertiary/aromatic N) is 2. The van der Waals surface area contributed by atoms with Crippen molar-refractivity contribution in [3.63, 3.8) is 0 Å². The summed E-state index contributed by atoms with van der Waals surface area (Å²) < 4.78 is 0. The van der Waals surface area contributed by atoms with Crippen LogP contribution in [0.3, 0.4) is 0 Å². The number of rotatable bonds is 0. The van der Waals surface area contributed by atoms with Gasteiger partial charge in [-0.2, -0.15) is 0 Å². The second-order valence-electron chi connectivity index (χ2n) is 3.78. The molecule has 0 saturated carbocycles. The van der Waals surface area contributed by atoms with E-state index in [0.29, 0.717) is 0 Å². The molecule has 2 nitrogen and oxygen atoms in total. The summed E-state index contributed by atoms with van der Waals surface area (Å²) in [6, 6.07) is 0. The number of fused-ring (bicyclic) bond motifs is 1. The van der Waals surface area contributed by atoms with E-state index in [9.17, 15) is 0 Å². The van der Waals surface area contributed by atoms with Crippen LogP contribution in [0.4, 0.5) is 0 Å². The highest BCUT2D eigenvalue weighted by molar-refractivity contribution is 4.91. The first-order valence-electron chi connectivity index (χ1n) is 3.99. The van der Waals surface area contributed by atoms with Gasteiger partial charge in [0.05, 0.1) is 0 Å². The van der Waals surface area contributed by atoms with E-state index in [1.807, 2.05) is 0 Å². The lowest BCUT2D eigenvalue weighted by Crippen LogP contribution is -2.22. The standard InChI is InChI=1S/C8H15N2/c1-9-3-7-5-10(2)6-8(7)4-9/h7-8H,1,3-6H2,2H3/q-1/t7-,8+. The fourth-order valence-corrected chi connectivity index (χ4v) is 2.32. The van der Waals surface area contributed by atoms with Crippen molar-refractivity contribution < 1.29 is 0 Å². The molecule has 2 saturated heterocycles. The maximum Gasteiger partial charge on any atom is 0.00217 e. The summed E-state index contributed by atoms with van der Waals surface area (Å²) in [6.45, 7) is 5.01. The first-order valence-corrected chi connectivity index (χ1v) is 3.99. The Morgan fingerprint density at radius 2 is 1.60 bits per heavy atom. The van der Waals surface area contributed by atoms with E-state index in [4.69, 9.17) is 0 Å². The van der Waals surface area contributed by atoms with Crippen LogP contribution in [0.15, 0.2) is 0 Å². The monoisotopic (exact) mass is 139 g/mol. The largest absolute Gasteiger partial charge is 0.459 e. The Hall–Kier alpha value is -0.0800. The van der Waals surface area contributed by atoms with Gasteiger partial charge >= 0.3 is 0 Å². The molecule has 0 aromatic heterocycles. The van der Waals surface area contributed by atoms with Gasteiger partial charge in [0, 0.05) is 13.1 Å². The zero-order valence-corrected chi connectivity index (χ0v) is 6.58. The Morgan fingerprint density at radius 1 is 1.10 bits per heavy atom. The predicted molar refractivity (Wildman–Crippen MR) is 41.4 cm³/mol. The van der Waals surface area contributed by atoms with E-state index in [2.05, 4.69) is 23.9 Å². The van der Waals surface area contributed by atoms with Crippen LogP contribution in [0.1, 0.15) is 0 Å². The second-order valence-corrected chi connectivity index (χ2v) is 3.78. The molecule has 58 valence electrons. The molecule has 2 aliphatic rings. The Labute approximate surface area is 62.8 Å². The SMILES string of the molecule is [CH2-]N1C[C@@H]2CN(C)C[C@@H]2C1. The quantitative estimate of drug-likeness (QED) is 0.444. The molecule has 2 atom stereocenters. The van der Waals surface area contributed by atoms with Crippen LogP contribution in [0.2, 0.25) is 0 Å². The normalized spacial score (nSPS) is 42.6. The maximum absolute atomic E-state index is 3.96. The molecular weight excluding hydrogens is 124 g/mol. The van der Waals surface area contributed by atoms with Crippen LogP contribution in [0.25, 0.3) is 0 Å². The highest BCUT2D eigenvalue weighted by atomic mass is 15.2. The molecule has 2 aliphatic heterocycles. The molecule has 10 heavy (non-hydrogen) atoms. The molecule has 0 aromatic rings. The van der Waals surface area contributed by atoms with Gasteiger partial charge in [-0.3, -0.25) is 7.05 Å². The van der Waals surface area contributed by atoms with Crippen LogP contribution in [-0.2, 0) is 0 Å². The first kappa shape index (κ1) is 6.62. The smallest absolute Gasteiger partial charge is 0.00217 e. The van der Waals surface area contributed by atoms with Crippen LogP contribution < -0.4 is 0 Å². The molecule has 2 heterocycles. The summed E-state index contributed by atoms with van der Waals surface area (Å²) in [6.07, 6.45) is 0. The molecular formula is C8H15N2-. The van der Waals surface area contributed by atoms with Gasteiger partial charge in [0.2, 0.25) is 0 Å². The van der Waals surface area contributed by atoms with Crippen LogP contribution in [0.5, 0.6) is 0 Å². The van der Waals surface area contributed by atoms with Crippen molar-refractivity contribution in [3.05, 3.63) is 7.05 Å². The molecule has 0 spiro atoms. The first-order chi connectivity index (χ1) is 4.75. The Bertz CT molecular complexity index is 107. The molecule has 2 fully saturated rings. The van der Waals surface area contributed by atoms with Crippen molar-refractivity contribution in [2.24, 2.45) is 11.8 Å². The van der Waals surface area contributed by atoms with E-state index in [1.165, 1.54) is 26.2 Å². The molecule has 0 radical (unpaired) electrons. The Morgan fingerprint density at radius 3 is 2.10 bits per heavy atom. The van der Waals surface area contributed by atoms with Crippen molar-refractivity contribution in [2.45, 2.75) is 0 Å². The molecule has 2 heteroatoms. The summed E-state index contributed by atoms with van der Waals surface area (Å²) in [5, 5.41) is 0. The zero-order valence-electron chi connectivity index (χ0n) is 6.58. The van der Waals surface area contributed by atoms with Crippen molar-refractivity contribution >= 4 is 0 Å². The van der Waals surface area contributed by atoms with Gasteiger partial charge in [0.1, 0.15) is 0 Å². The van der Waals surface area contributed by atoms with Gasteiger partial charge in [-0.15, -0.1) is 0 Å². The Kier molecular flexibility index (Phi) is 1.46. The van der Waals surface area contributed by atoms with Crippen molar-refractivity contribution in [3.8, 4) is 0 Å². The van der Waals surface area contributed by atoms with Crippen molar-refractivity contribution in [1.29, 1.82) is 0 Å². The Balaban J connectivity index is 2.00. The van der Waals surface area contributed by atoms with Gasteiger partial charge in [-0.1, -0.05) is 0 Å². The van der Waals surface area contributed by atoms with E-state index < -0.39 is 0 Å². The summed E-state index contributed by atoms with van der Waals surface area (Å²) in [5.74, 6) is 1.84. The maximum atomic E-state index is 3.96. The fraction of sp³-hybridized carbons (Fsp3) is 0.875. The third-order valence-corrected chi connectivity index (χ3v) is 2.74. The fourth-order valence-electron chi connectivity index (χ4n) is 2.32. The van der Waals surface area contributed by atoms with Crippen LogP contribution in [-0.4, -0.2) is 43.0 Å².